The lowest BCUT2D eigenvalue weighted by atomic mass is 10.1. The van der Waals surface area contributed by atoms with Crippen molar-refractivity contribution in [3.8, 4) is 0 Å². The summed E-state index contributed by atoms with van der Waals surface area (Å²) in [6.07, 6.45) is 0.847. The number of halogens is 2. The van der Waals surface area contributed by atoms with E-state index in [2.05, 4.69) is 0 Å². The molecule has 1 saturated heterocycles. The van der Waals surface area contributed by atoms with Crippen LogP contribution in [0.2, 0.25) is 0 Å². The molecule has 3 nitrogen and oxygen atoms in total. The Labute approximate surface area is 98.2 Å². The van der Waals surface area contributed by atoms with Crippen LogP contribution in [0.1, 0.15) is 16.8 Å². The zero-order valence-electron chi connectivity index (χ0n) is 9.33. The van der Waals surface area contributed by atoms with Crippen LogP contribution in [-0.2, 0) is 0 Å². The molecule has 1 atom stereocenters. The fourth-order valence-electron chi connectivity index (χ4n) is 2.07. The summed E-state index contributed by atoms with van der Waals surface area (Å²) in [5.74, 6) is -1.51. The van der Waals surface area contributed by atoms with Crippen molar-refractivity contribution in [2.24, 2.45) is 11.7 Å². The number of benzene rings is 1. The van der Waals surface area contributed by atoms with Gasteiger partial charge < -0.3 is 10.6 Å². The highest BCUT2D eigenvalue weighted by Gasteiger charge is 2.26. The summed E-state index contributed by atoms with van der Waals surface area (Å²) < 4.78 is 26.0. The van der Waals surface area contributed by atoms with Gasteiger partial charge in [0.05, 0.1) is 0 Å². The second-order valence-corrected chi connectivity index (χ2v) is 4.30. The van der Waals surface area contributed by atoms with E-state index in [1.165, 1.54) is 0 Å². The van der Waals surface area contributed by atoms with Gasteiger partial charge in [0.25, 0.3) is 5.91 Å². The topological polar surface area (TPSA) is 46.3 Å². The molecule has 0 aliphatic carbocycles. The number of carbonyl (C=O) groups is 1. The molecule has 1 heterocycles. The second-order valence-electron chi connectivity index (χ2n) is 4.30. The lowest BCUT2D eigenvalue weighted by molar-refractivity contribution is 0.0786. The van der Waals surface area contributed by atoms with E-state index in [9.17, 15) is 13.6 Å². The van der Waals surface area contributed by atoms with Crippen molar-refractivity contribution in [2.75, 3.05) is 19.6 Å². The van der Waals surface area contributed by atoms with Gasteiger partial charge in [0, 0.05) is 24.7 Å². The molecule has 0 aromatic heterocycles. The van der Waals surface area contributed by atoms with Gasteiger partial charge in [-0.25, -0.2) is 8.78 Å². The third kappa shape index (κ3) is 2.61. The maximum Gasteiger partial charge on any atom is 0.254 e. The van der Waals surface area contributed by atoms with Crippen molar-refractivity contribution in [3.05, 3.63) is 35.4 Å². The van der Waals surface area contributed by atoms with Crippen molar-refractivity contribution in [2.45, 2.75) is 6.42 Å². The van der Waals surface area contributed by atoms with E-state index in [0.29, 0.717) is 19.6 Å². The first kappa shape index (κ1) is 12.0. The van der Waals surface area contributed by atoms with Gasteiger partial charge in [-0.1, -0.05) is 0 Å². The van der Waals surface area contributed by atoms with E-state index in [1.54, 1.807) is 4.90 Å². The van der Waals surface area contributed by atoms with Gasteiger partial charge in [-0.2, -0.15) is 0 Å². The van der Waals surface area contributed by atoms with Gasteiger partial charge >= 0.3 is 0 Å². The van der Waals surface area contributed by atoms with Gasteiger partial charge in [0.2, 0.25) is 0 Å². The van der Waals surface area contributed by atoms with E-state index >= 15 is 0 Å². The molecule has 0 saturated carbocycles. The summed E-state index contributed by atoms with van der Waals surface area (Å²) >= 11 is 0. The average Bonchev–Trinajstić information content (AvgIpc) is 2.75. The van der Waals surface area contributed by atoms with E-state index in [-0.39, 0.29) is 17.4 Å². The SMILES string of the molecule is NCC1CCN(C(=O)c2cc(F)cc(F)c2)C1. The highest BCUT2D eigenvalue weighted by molar-refractivity contribution is 5.94. The Balaban J connectivity index is 2.14. The standard InChI is InChI=1S/C12H14F2N2O/c13-10-3-9(4-11(14)5-10)12(17)16-2-1-8(6-15)7-16/h3-5,8H,1-2,6-7,15H2. The molecule has 0 spiro atoms. The summed E-state index contributed by atoms with van der Waals surface area (Å²) in [5.41, 5.74) is 5.58. The van der Waals surface area contributed by atoms with E-state index in [1.807, 2.05) is 0 Å². The largest absolute Gasteiger partial charge is 0.338 e. The lowest BCUT2D eigenvalue weighted by Crippen LogP contribution is -2.30. The van der Waals surface area contributed by atoms with Crippen LogP contribution in [0.3, 0.4) is 0 Å². The normalized spacial score (nSPS) is 19.7. The van der Waals surface area contributed by atoms with Gasteiger partial charge in [-0.3, -0.25) is 4.79 Å². The number of nitrogens with zero attached hydrogens (tertiary/aromatic N) is 1. The molecule has 92 valence electrons. The van der Waals surface area contributed by atoms with Crippen molar-refractivity contribution in [3.63, 3.8) is 0 Å². The smallest absolute Gasteiger partial charge is 0.254 e. The molecule has 0 bridgehead atoms. The summed E-state index contributed by atoms with van der Waals surface area (Å²) in [6.45, 7) is 1.69. The summed E-state index contributed by atoms with van der Waals surface area (Å²) in [5, 5.41) is 0. The van der Waals surface area contributed by atoms with E-state index in [0.717, 1.165) is 24.6 Å². The number of likely N-dealkylation sites (tertiary alicyclic amines) is 1. The first-order valence-corrected chi connectivity index (χ1v) is 5.55. The Morgan fingerprint density at radius 2 is 2.00 bits per heavy atom. The van der Waals surface area contributed by atoms with Gasteiger partial charge in [-0.15, -0.1) is 0 Å². The van der Waals surface area contributed by atoms with Crippen molar-refractivity contribution < 1.29 is 13.6 Å². The highest BCUT2D eigenvalue weighted by Crippen LogP contribution is 2.18. The Hall–Kier alpha value is -1.49. The Morgan fingerprint density at radius 3 is 2.53 bits per heavy atom. The average molecular weight is 240 g/mol. The van der Waals surface area contributed by atoms with Crippen LogP contribution in [0.25, 0.3) is 0 Å². The number of nitrogens with two attached hydrogens (primary N) is 1. The summed E-state index contributed by atoms with van der Waals surface area (Å²) in [4.78, 5) is 13.6. The third-order valence-corrected chi connectivity index (χ3v) is 3.02. The van der Waals surface area contributed by atoms with Crippen molar-refractivity contribution in [1.82, 2.24) is 4.90 Å². The van der Waals surface area contributed by atoms with Crippen molar-refractivity contribution in [1.29, 1.82) is 0 Å². The molecule has 1 aromatic rings. The first-order valence-electron chi connectivity index (χ1n) is 5.55. The first-order chi connectivity index (χ1) is 8.10. The summed E-state index contributed by atoms with van der Waals surface area (Å²) in [7, 11) is 0. The number of hydrogen-bond donors (Lipinski definition) is 1. The highest BCUT2D eigenvalue weighted by atomic mass is 19.1. The molecule has 1 aliphatic heterocycles. The predicted octanol–water partition coefficient (Wildman–Crippen LogP) is 1.39. The molecule has 1 unspecified atom stereocenters. The fraction of sp³-hybridized carbons (Fsp3) is 0.417. The molecule has 17 heavy (non-hydrogen) atoms. The molecular formula is C12H14F2N2O. The molecule has 1 fully saturated rings. The zero-order valence-corrected chi connectivity index (χ0v) is 9.33. The molecule has 5 heteroatoms. The number of rotatable bonds is 2. The molecule has 0 radical (unpaired) electrons. The Kier molecular flexibility index (Phi) is 3.38. The maximum absolute atomic E-state index is 13.0. The molecule has 1 aromatic carbocycles. The number of amides is 1. The summed E-state index contributed by atoms with van der Waals surface area (Å²) in [6, 6.07) is 2.87. The molecule has 1 aliphatic rings. The van der Waals surface area contributed by atoms with Crippen LogP contribution in [-0.4, -0.2) is 30.4 Å². The lowest BCUT2D eigenvalue weighted by Gasteiger charge is -2.16. The molecule has 2 rings (SSSR count). The maximum atomic E-state index is 13.0. The van der Waals surface area contributed by atoms with E-state index in [4.69, 9.17) is 5.73 Å². The minimum absolute atomic E-state index is 0.0557. The molecule has 1 amide bonds. The minimum Gasteiger partial charge on any atom is -0.338 e. The monoisotopic (exact) mass is 240 g/mol. The van der Waals surface area contributed by atoms with Crippen molar-refractivity contribution >= 4 is 5.91 Å². The van der Waals surface area contributed by atoms with Gasteiger partial charge in [0.1, 0.15) is 11.6 Å². The minimum atomic E-state index is -0.733. The quantitative estimate of drug-likeness (QED) is 0.849. The van der Waals surface area contributed by atoms with Crippen LogP contribution in [0.5, 0.6) is 0 Å². The fourth-order valence-corrected chi connectivity index (χ4v) is 2.07. The van der Waals surface area contributed by atoms with Crippen LogP contribution in [0.4, 0.5) is 8.78 Å². The van der Waals surface area contributed by atoms with Crippen LogP contribution in [0, 0.1) is 17.6 Å². The molecular weight excluding hydrogens is 226 g/mol. The number of hydrogen-bond acceptors (Lipinski definition) is 2. The number of carbonyl (C=O) groups excluding carboxylic acids is 1. The predicted molar refractivity (Wildman–Crippen MR) is 59.4 cm³/mol. The molecule has 2 N–H and O–H groups in total. The van der Waals surface area contributed by atoms with Crippen LogP contribution in [0.15, 0.2) is 18.2 Å². The Morgan fingerprint density at radius 1 is 1.35 bits per heavy atom. The van der Waals surface area contributed by atoms with Gasteiger partial charge in [0.15, 0.2) is 0 Å². The van der Waals surface area contributed by atoms with Gasteiger partial charge in [-0.05, 0) is 31.0 Å². The van der Waals surface area contributed by atoms with Crippen LogP contribution < -0.4 is 5.73 Å². The zero-order chi connectivity index (χ0) is 12.4. The Bertz CT molecular complexity index is 416. The van der Waals surface area contributed by atoms with E-state index < -0.39 is 11.6 Å². The second kappa shape index (κ2) is 4.79. The third-order valence-electron chi connectivity index (χ3n) is 3.02. The van der Waals surface area contributed by atoms with Crippen LogP contribution >= 0.6 is 0 Å².